The number of halogens is 1. The Morgan fingerprint density at radius 3 is 2.71 bits per heavy atom. The third-order valence-electron chi connectivity index (χ3n) is 3.27. The smallest absolute Gasteiger partial charge is 0.339 e. The number of carboxylic acid groups (broad SMARTS) is 1. The van der Waals surface area contributed by atoms with Gasteiger partial charge in [-0.25, -0.2) is 4.79 Å². The molecule has 0 bridgehead atoms. The highest BCUT2D eigenvalue weighted by Crippen LogP contribution is 2.34. The van der Waals surface area contributed by atoms with E-state index in [0.29, 0.717) is 19.8 Å². The molecule has 0 amide bonds. The standard InChI is InChI=1S/C13H14ClNO6/c14-11-6-9(15(18)19)5-10(13(16)17)12(11)21-7-8-1-3-20-4-2-8/h5-6,8H,1-4,7H2,(H,16,17). The number of non-ortho nitro benzene ring substituents is 1. The zero-order chi connectivity index (χ0) is 15.4. The van der Waals surface area contributed by atoms with Gasteiger partial charge in [-0.2, -0.15) is 0 Å². The molecule has 1 fully saturated rings. The number of ether oxygens (including phenoxy) is 2. The van der Waals surface area contributed by atoms with Crippen molar-refractivity contribution < 1.29 is 24.3 Å². The minimum atomic E-state index is -1.32. The Morgan fingerprint density at radius 1 is 1.48 bits per heavy atom. The second kappa shape index (κ2) is 6.73. The van der Waals surface area contributed by atoms with E-state index in [1.165, 1.54) is 0 Å². The van der Waals surface area contributed by atoms with Gasteiger partial charge >= 0.3 is 5.97 Å². The quantitative estimate of drug-likeness (QED) is 0.662. The maximum absolute atomic E-state index is 11.2. The molecule has 1 aliphatic heterocycles. The molecule has 8 heteroatoms. The van der Waals surface area contributed by atoms with Gasteiger partial charge < -0.3 is 14.6 Å². The van der Waals surface area contributed by atoms with Gasteiger partial charge in [0.05, 0.1) is 16.6 Å². The molecule has 1 aromatic rings. The molecule has 1 N–H and O–H groups in total. The monoisotopic (exact) mass is 315 g/mol. The molecule has 0 aliphatic carbocycles. The van der Waals surface area contributed by atoms with Crippen LogP contribution in [0.5, 0.6) is 5.75 Å². The number of benzene rings is 1. The number of carboxylic acids is 1. The molecule has 1 saturated heterocycles. The van der Waals surface area contributed by atoms with Gasteiger partial charge in [0.25, 0.3) is 5.69 Å². The van der Waals surface area contributed by atoms with Crippen molar-refractivity contribution in [3.63, 3.8) is 0 Å². The summed E-state index contributed by atoms with van der Waals surface area (Å²) in [6.07, 6.45) is 1.65. The van der Waals surface area contributed by atoms with Crippen LogP contribution in [0.1, 0.15) is 23.2 Å². The molecule has 1 aliphatic rings. The van der Waals surface area contributed by atoms with Gasteiger partial charge in [-0.3, -0.25) is 10.1 Å². The van der Waals surface area contributed by atoms with Crippen molar-refractivity contribution in [2.75, 3.05) is 19.8 Å². The highest BCUT2D eigenvalue weighted by Gasteiger charge is 2.23. The minimum Gasteiger partial charge on any atom is -0.491 e. The van der Waals surface area contributed by atoms with Crippen LogP contribution in [0, 0.1) is 16.0 Å². The number of nitro groups is 1. The third kappa shape index (κ3) is 3.83. The number of hydrogen-bond acceptors (Lipinski definition) is 5. The molecular formula is C13H14ClNO6. The minimum absolute atomic E-state index is 0.0266. The predicted molar refractivity (Wildman–Crippen MR) is 74.1 cm³/mol. The van der Waals surface area contributed by atoms with Crippen molar-refractivity contribution in [3.05, 3.63) is 32.8 Å². The molecule has 0 unspecified atom stereocenters. The van der Waals surface area contributed by atoms with Crippen molar-refractivity contribution in [1.82, 2.24) is 0 Å². The molecule has 0 atom stereocenters. The number of hydrogen-bond donors (Lipinski definition) is 1. The predicted octanol–water partition coefficient (Wildman–Crippen LogP) is 2.75. The lowest BCUT2D eigenvalue weighted by Gasteiger charge is -2.22. The lowest BCUT2D eigenvalue weighted by Crippen LogP contribution is -2.22. The Kier molecular flexibility index (Phi) is 4.98. The zero-order valence-electron chi connectivity index (χ0n) is 11.1. The number of carbonyl (C=O) groups is 1. The van der Waals surface area contributed by atoms with Gasteiger partial charge in [-0.1, -0.05) is 11.6 Å². The first-order chi connectivity index (χ1) is 9.99. The summed E-state index contributed by atoms with van der Waals surface area (Å²) >= 11 is 5.92. The van der Waals surface area contributed by atoms with Crippen molar-refractivity contribution in [2.45, 2.75) is 12.8 Å². The van der Waals surface area contributed by atoms with E-state index in [0.717, 1.165) is 25.0 Å². The zero-order valence-corrected chi connectivity index (χ0v) is 11.8. The maximum Gasteiger partial charge on any atom is 0.339 e. The Labute approximate surface area is 125 Å². The van der Waals surface area contributed by atoms with Gasteiger partial charge in [0.15, 0.2) is 5.75 Å². The first-order valence-corrected chi connectivity index (χ1v) is 6.78. The third-order valence-corrected chi connectivity index (χ3v) is 3.55. The summed E-state index contributed by atoms with van der Waals surface area (Å²) in [5.74, 6) is -1.09. The average molecular weight is 316 g/mol. The van der Waals surface area contributed by atoms with Crippen LogP contribution >= 0.6 is 11.6 Å². The van der Waals surface area contributed by atoms with E-state index in [1.54, 1.807) is 0 Å². The van der Waals surface area contributed by atoms with Gasteiger partial charge in [0.1, 0.15) is 5.56 Å². The van der Waals surface area contributed by atoms with Crippen molar-refractivity contribution in [2.24, 2.45) is 5.92 Å². The SMILES string of the molecule is O=C(O)c1cc([N+](=O)[O-])cc(Cl)c1OCC1CCOCC1. The van der Waals surface area contributed by atoms with Crippen LogP contribution in [0.4, 0.5) is 5.69 Å². The second-order valence-electron chi connectivity index (χ2n) is 4.73. The number of nitro benzene ring substituents is 1. The van der Waals surface area contributed by atoms with Crippen LogP contribution in [-0.4, -0.2) is 35.8 Å². The molecule has 1 aromatic carbocycles. The van der Waals surface area contributed by atoms with Gasteiger partial charge in [-0.05, 0) is 18.8 Å². The van der Waals surface area contributed by atoms with Crippen molar-refractivity contribution in [1.29, 1.82) is 0 Å². The summed E-state index contributed by atoms with van der Waals surface area (Å²) in [7, 11) is 0. The molecule has 0 spiro atoms. The largest absolute Gasteiger partial charge is 0.491 e. The molecule has 21 heavy (non-hydrogen) atoms. The van der Waals surface area contributed by atoms with E-state index in [2.05, 4.69) is 0 Å². The van der Waals surface area contributed by atoms with Crippen molar-refractivity contribution in [3.8, 4) is 5.75 Å². The lowest BCUT2D eigenvalue weighted by atomic mass is 10.0. The number of rotatable bonds is 5. The van der Waals surface area contributed by atoms with Crippen LogP contribution in [0.25, 0.3) is 0 Å². The van der Waals surface area contributed by atoms with Crippen LogP contribution in [-0.2, 0) is 4.74 Å². The van der Waals surface area contributed by atoms with Crippen LogP contribution in [0.3, 0.4) is 0 Å². The van der Waals surface area contributed by atoms with Crippen LogP contribution < -0.4 is 4.74 Å². The number of nitrogens with zero attached hydrogens (tertiary/aromatic N) is 1. The molecule has 0 radical (unpaired) electrons. The molecule has 0 saturated carbocycles. The van der Waals surface area contributed by atoms with Gasteiger partial charge in [-0.15, -0.1) is 0 Å². The topological polar surface area (TPSA) is 98.9 Å². The fourth-order valence-corrected chi connectivity index (χ4v) is 2.37. The van der Waals surface area contributed by atoms with Crippen LogP contribution in [0.15, 0.2) is 12.1 Å². The van der Waals surface area contributed by atoms with E-state index >= 15 is 0 Å². The summed E-state index contributed by atoms with van der Waals surface area (Å²) in [6, 6.07) is 2.04. The maximum atomic E-state index is 11.2. The average Bonchev–Trinajstić information content (AvgIpc) is 2.46. The summed E-state index contributed by atoms with van der Waals surface area (Å²) in [6.45, 7) is 1.60. The molecule has 0 aromatic heterocycles. The molecule has 2 rings (SSSR count). The van der Waals surface area contributed by atoms with E-state index in [1.807, 2.05) is 0 Å². The fraction of sp³-hybridized carbons (Fsp3) is 0.462. The van der Waals surface area contributed by atoms with E-state index in [-0.39, 0.29) is 27.9 Å². The summed E-state index contributed by atoms with van der Waals surface area (Å²) in [5.41, 5.74) is -0.683. The molecule has 114 valence electrons. The van der Waals surface area contributed by atoms with E-state index in [9.17, 15) is 14.9 Å². The second-order valence-corrected chi connectivity index (χ2v) is 5.14. The van der Waals surface area contributed by atoms with E-state index < -0.39 is 10.9 Å². The van der Waals surface area contributed by atoms with Crippen molar-refractivity contribution >= 4 is 23.3 Å². The van der Waals surface area contributed by atoms with E-state index in [4.69, 9.17) is 26.2 Å². The first kappa shape index (κ1) is 15.5. The Morgan fingerprint density at radius 2 is 2.14 bits per heavy atom. The Bertz CT molecular complexity index is 556. The highest BCUT2D eigenvalue weighted by molar-refractivity contribution is 6.32. The van der Waals surface area contributed by atoms with Gasteiger partial charge in [0.2, 0.25) is 0 Å². The highest BCUT2D eigenvalue weighted by atomic mass is 35.5. The fourth-order valence-electron chi connectivity index (χ4n) is 2.10. The summed E-state index contributed by atoms with van der Waals surface area (Å²) in [4.78, 5) is 21.3. The molecule has 7 nitrogen and oxygen atoms in total. The number of aromatic carboxylic acids is 1. The Hall–Kier alpha value is -1.86. The Balaban J connectivity index is 2.20. The summed E-state index contributed by atoms with van der Waals surface area (Å²) < 4.78 is 10.7. The summed E-state index contributed by atoms with van der Waals surface area (Å²) in [5, 5.41) is 19.8. The molecular weight excluding hydrogens is 302 g/mol. The lowest BCUT2D eigenvalue weighted by molar-refractivity contribution is -0.384. The first-order valence-electron chi connectivity index (χ1n) is 6.41. The molecule has 1 heterocycles. The van der Waals surface area contributed by atoms with Crippen LogP contribution in [0.2, 0.25) is 5.02 Å². The van der Waals surface area contributed by atoms with Gasteiger partial charge in [0, 0.05) is 25.3 Å². The normalized spacial score (nSPS) is 15.7.